The molecular formula is C14H17N3O2S. The van der Waals surface area contributed by atoms with Crippen LogP contribution >= 0.6 is 11.8 Å². The van der Waals surface area contributed by atoms with Gasteiger partial charge in [0, 0.05) is 30.9 Å². The standard InChI is InChI=1S/C14H17N3O2S/c1-11(13-8-15-5-6-16-13)20-10-14(18)17(2)9-12-4-3-7-19-12/h3-8,11H,9-10H2,1-2H3/t11-/m0/s1. The lowest BCUT2D eigenvalue weighted by atomic mass is 10.3. The number of hydrogen-bond donors (Lipinski definition) is 0. The number of furan rings is 1. The molecule has 0 unspecified atom stereocenters. The van der Waals surface area contributed by atoms with Gasteiger partial charge in [0.15, 0.2) is 0 Å². The summed E-state index contributed by atoms with van der Waals surface area (Å²) in [7, 11) is 1.78. The summed E-state index contributed by atoms with van der Waals surface area (Å²) in [5.74, 6) is 1.27. The summed E-state index contributed by atoms with van der Waals surface area (Å²) >= 11 is 1.55. The molecule has 0 saturated heterocycles. The monoisotopic (exact) mass is 291 g/mol. The van der Waals surface area contributed by atoms with Gasteiger partial charge in [0.1, 0.15) is 5.76 Å². The Bertz CT molecular complexity index is 531. The molecule has 0 aliphatic carbocycles. The van der Waals surface area contributed by atoms with Crippen LogP contribution < -0.4 is 0 Å². The molecule has 106 valence electrons. The number of amides is 1. The van der Waals surface area contributed by atoms with Crippen LogP contribution in [-0.2, 0) is 11.3 Å². The highest BCUT2D eigenvalue weighted by Crippen LogP contribution is 2.25. The van der Waals surface area contributed by atoms with Crippen molar-refractivity contribution in [3.63, 3.8) is 0 Å². The van der Waals surface area contributed by atoms with E-state index in [-0.39, 0.29) is 11.2 Å². The minimum Gasteiger partial charge on any atom is -0.467 e. The zero-order valence-corrected chi connectivity index (χ0v) is 12.3. The summed E-state index contributed by atoms with van der Waals surface area (Å²) in [6, 6.07) is 3.68. The fourth-order valence-electron chi connectivity index (χ4n) is 1.64. The van der Waals surface area contributed by atoms with Gasteiger partial charge in [0.05, 0.1) is 24.3 Å². The molecule has 1 amide bonds. The topological polar surface area (TPSA) is 59.2 Å². The quantitative estimate of drug-likeness (QED) is 0.818. The van der Waals surface area contributed by atoms with Crippen LogP contribution in [0, 0.1) is 0 Å². The first-order chi connectivity index (χ1) is 9.66. The zero-order valence-electron chi connectivity index (χ0n) is 11.5. The molecule has 0 aromatic carbocycles. The van der Waals surface area contributed by atoms with Crippen molar-refractivity contribution in [3.05, 3.63) is 48.4 Å². The molecule has 1 atom stereocenters. The Kier molecular flexibility index (Phi) is 5.17. The second-order valence-electron chi connectivity index (χ2n) is 4.41. The normalized spacial score (nSPS) is 12.1. The Labute approximate surface area is 122 Å². The SMILES string of the molecule is C[C@H](SCC(=O)N(C)Cc1ccco1)c1cnccn1. The summed E-state index contributed by atoms with van der Waals surface area (Å²) in [4.78, 5) is 22.0. The molecule has 6 heteroatoms. The van der Waals surface area contributed by atoms with Crippen molar-refractivity contribution >= 4 is 17.7 Å². The van der Waals surface area contributed by atoms with Gasteiger partial charge in [-0.05, 0) is 19.1 Å². The summed E-state index contributed by atoms with van der Waals surface area (Å²) in [5, 5.41) is 0.143. The molecule has 2 aromatic rings. The molecular weight excluding hydrogens is 274 g/mol. The average molecular weight is 291 g/mol. The molecule has 0 radical (unpaired) electrons. The van der Waals surface area contributed by atoms with E-state index in [0.717, 1.165) is 11.5 Å². The van der Waals surface area contributed by atoms with Crippen molar-refractivity contribution in [2.24, 2.45) is 0 Å². The Hall–Kier alpha value is -1.82. The van der Waals surface area contributed by atoms with Gasteiger partial charge in [-0.25, -0.2) is 0 Å². The van der Waals surface area contributed by atoms with Gasteiger partial charge in [0.25, 0.3) is 0 Å². The van der Waals surface area contributed by atoms with Crippen LogP contribution in [0.3, 0.4) is 0 Å². The van der Waals surface area contributed by atoms with E-state index < -0.39 is 0 Å². The van der Waals surface area contributed by atoms with Gasteiger partial charge in [-0.15, -0.1) is 11.8 Å². The zero-order chi connectivity index (χ0) is 14.4. The summed E-state index contributed by atoms with van der Waals surface area (Å²) < 4.78 is 5.23. The molecule has 0 aliphatic rings. The maximum atomic E-state index is 12.0. The number of hydrogen-bond acceptors (Lipinski definition) is 5. The predicted molar refractivity (Wildman–Crippen MR) is 78.1 cm³/mol. The summed E-state index contributed by atoms with van der Waals surface area (Å²) in [6.07, 6.45) is 6.65. The smallest absolute Gasteiger partial charge is 0.232 e. The Balaban J connectivity index is 1.80. The highest BCUT2D eigenvalue weighted by Gasteiger charge is 2.14. The van der Waals surface area contributed by atoms with Crippen LogP contribution in [-0.4, -0.2) is 33.6 Å². The minimum absolute atomic E-state index is 0.0714. The van der Waals surface area contributed by atoms with E-state index in [2.05, 4.69) is 9.97 Å². The molecule has 20 heavy (non-hydrogen) atoms. The van der Waals surface area contributed by atoms with Crippen LogP contribution in [0.4, 0.5) is 0 Å². The molecule has 0 bridgehead atoms. The van der Waals surface area contributed by atoms with E-state index >= 15 is 0 Å². The molecule has 2 aromatic heterocycles. The van der Waals surface area contributed by atoms with Gasteiger partial charge < -0.3 is 9.32 Å². The van der Waals surface area contributed by atoms with E-state index in [0.29, 0.717) is 12.3 Å². The van der Waals surface area contributed by atoms with E-state index in [1.807, 2.05) is 19.1 Å². The van der Waals surface area contributed by atoms with Gasteiger partial charge in [0.2, 0.25) is 5.91 Å². The third-order valence-electron chi connectivity index (χ3n) is 2.86. The molecule has 0 aliphatic heterocycles. The molecule has 2 heterocycles. The second kappa shape index (κ2) is 7.09. The Morgan fingerprint density at radius 3 is 3.00 bits per heavy atom. The van der Waals surface area contributed by atoms with Gasteiger partial charge >= 0.3 is 0 Å². The lowest BCUT2D eigenvalue weighted by molar-refractivity contribution is -0.127. The first-order valence-corrected chi connectivity index (χ1v) is 7.35. The lowest BCUT2D eigenvalue weighted by Crippen LogP contribution is -2.27. The van der Waals surface area contributed by atoms with E-state index in [1.165, 1.54) is 0 Å². The van der Waals surface area contributed by atoms with Crippen molar-refractivity contribution in [2.75, 3.05) is 12.8 Å². The summed E-state index contributed by atoms with van der Waals surface area (Å²) in [6.45, 7) is 2.51. The van der Waals surface area contributed by atoms with Crippen LogP contribution in [0.5, 0.6) is 0 Å². The van der Waals surface area contributed by atoms with Crippen LogP contribution in [0.1, 0.15) is 23.6 Å². The van der Waals surface area contributed by atoms with Crippen LogP contribution in [0.25, 0.3) is 0 Å². The maximum absolute atomic E-state index is 12.0. The van der Waals surface area contributed by atoms with E-state index in [9.17, 15) is 4.79 Å². The number of nitrogens with zero attached hydrogens (tertiary/aromatic N) is 3. The average Bonchev–Trinajstić information content (AvgIpc) is 2.98. The van der Waals surface area contributed by atoms with Crippen molar-refractivity contribution in [2.45, 2.75) is 18.7 Å². The Morgan fingerprint density at radius 2 is 2.35 bits per heavy atom. The fraction of sp³-hybridized carbons (Fsp3) is 0.357. The molecule has 0 saturated carbocycles. The van der Waals surface area contributed by atoms with Gasteiger partial charge in [-0.1, -0.05) is 0 Å². The molecule has 0 N–H and O–H groups in total. The highest BCUT2D eigenvalue weighted by atomic mass is 32.2. The highest BCUT2D eigenvalue weighted by molar-refractivity contribution is 8.00. The van der Waals surface area contributed by atoms with Crippen molar-refractivity contribution in [1.82, 2.24) is 14.9 Å². The third kappa shape index (κ3) is 4.09. The number of carbonyl (C=O) groups excluding carboxylic acids is 1. The van der Waals surface area contributed by atoms with Gasteiger partial charge in [-0.2, -0.15) is 0 Å². The number of rotatable bonds is 6. The third-order valence-corrected chi connectivity index (χ3v) is 4.01. The van der Waals surface area contributed by atoms with E-state index in [1.54, 1.807) is 48.6 Å². The lowest BCUT2D eigenvalue weighted by Gasteiger charge is -2.17. The summed E-state index contributed by atoms with van der Waals surface area (Å²) in [5.41, 5.74) is 0.888. The number of carbonyl (C=O) groups is 1. The van der Waals surface area contributed by atoms with Crippen LogP contribution in [0.15, 0.2) is 41.4 Å². The number of aromatic nitrogens is 2. The number of thioether (sulfide) groups is 1. The molecule has 0 fully saturated rings. The van der Waals surface area contributed by atoms with Crippen molar-refractivity contribution < 1.29 is 9.21 Å². The Morgan fingerprint density at radius 1 is 1.50 bits per heavy atom. The molecule has 2 rings (SSSR count). The van der Waals surface area contributed by atoms with Crippen molar-refractivity contribution in [3.8, 4) is 0 Å². The fourth-order valence-corrected chi connectivity index (χ4v) is 2.54. The molecule has 5 nitrogen and oxygen atoms in total. The molecule has 0 spiro atoms. The van der Waals surface area contributed by atoms with E-state index in [4.69, 9.17) is 4.42 Å². The predicted octanol–water partition coefficient (Wildman–Crippen LogP) is 2.52. The van der Waals surface area contributed by atoms with Gasteiger partial charge in [-0.3, -0.25) is 14.8 Å². The largest absolute Gasteiger partial charge is 0.467 e. The minimum atomic E-state index is 0.0714. The first-order valence-electron chi connectivity index (χ1n) is 6.30. The second-order valence-corrected chi connectivity index (χ2v) is 5.74. The van der Waals surface area contributed by atoms with Crippen LogP contribution in [0.2, 0.25) is 0 Å². The maximum Gasteiger partial charge on any atom is 0.232 e. The van der Waals surface area contributed by atoms with Crippen molar-refractivity contribution in [1.29, 1.82) is 0 Å². The first kappa shape index (κ1) is 14.6.